The molecule has 1 rings (SSSR count). The molecule has 0 atom stereocenters. The van der Waals surface area contributed by atoms with Gasteiger partial charge in [0.05, 0.1) is 6.54 Å². The van der Waals surface area contributed by atoms with Crippen LogP contribution in [0.5, 0.6) is 0 Å². The zero-order valence-corrected chi connectivity index (χ0v) is 10.4. The van der Waals surface area contributed by atoms with Crippen LogP contribution in [0.2, 0.25) is 0 Å². The summed E-state index contributed by atoms with van der Waals surface area (Å²) in [6.07, 6.45) is 3.08. The van der Waals surface area contributed by atoms with Gasteiger partial charge in [0.2, 0.25) is 5.91 Å². The molecule has 0 bridgehead atoms. The molecule has 0 aromatic heterocycles. The van der Waals surface area contributed by atoms with Crippen molar-refractivity contribution in [3.05, 3.63) is 0 Å². The average molecular weight is 242 g/mol. The van der Waals surface area contributed by atoms with Crippen molar-refractivity contribution >= 4 is 11.9 Å². The summed E-state index contributed by atoms with van der Waals surface area (Å²) in [4.78, 5) is 24.2. The fourth-order valence-corrected chi connectivity index (χ4v) is 2.21. The molecule has 6 heteroatoms. The van der Waals surface area contributed by atoms with Crippen LogP contribution in [0.25, 0.3) is 0 Å². The van der Waals surface area contributed by atoms with Crippen molar-refractivity contribution in [2.45, 2.75) is 32.2 Å². The minimum atomic E-state index is -0.781. The summed E-state index contributed by atoms with van der Waals surface area (Å²) < 4.78 is 0. The fourth-order valence-electron chi connectivity index (χ4n) is 2.21. The molecule has 0 aromatic carbocycles. The van der Waals surface area contributed by atoms with Crippen molar-refractivity contribution in [3.63, 3.8) is 0 Å². The lowest BCUT2D eigenvalue weighted by atomic mass is 10.0. The van der Waals surface area contributed by atoms with Gasteiger partial charge in [-0.3, -0.25) is 15.0 Å². The first kappa shape index (κ1) is 13.9. The molecule has 0 aliphatic carbocycles. The van der Waals surface area contributed by atoms with Crippen molar-refractivity contribution < 1.29 is 9.59 Å². The highest BCUT2D eigenvalue weighted by atomic mass is 16.2. The van der Waals surface area contributed by atoms with Crippen LogP contribution in [0.15, 0.2) is 0 Å². The first-order chi connectivity index (χ1) is 8.13. The second-order valence-electron chi connectivity index (χ2n) is 4.36. The lowest BCUT2D eigenvalue weighted by Gasteiger charge is -2.33. The van der Waals surface area contributed by atoms with E-state index in [1.807, 2.05) is 0 Å². The number of urea groups is 1. The Hall–Kier alpha value is -1.14. The van der Waals surface area contributed by atoms with E-state index in [9.17, 15) is 9.59 Å². The summed E-state index contributed by atoms with van der Waals surface area (Å²) in [5.41, 5.74) is 4.92. The van der Waals surface area contributed by atoms with Gasteiger partial charge >= 0.3 is 6.03 Å². The zero-order chi connectivity index (χ0) is 12.7. The molecule has 0 aromatic rings. The standard InChI is InChI=1S/C11H22N4O2/c1-2-7-15(8-10(16)14-11(12)17)9-3-5-13-6-4-9/h9,13H,2-8H2,1H3,(H3,12,14,16,17). The van der Waals surface area contributed by atoms with Crippen LogP contribution in [-0.2, 0) is 4.79 Å². The van der Waals surface area contributed by atoms with Gasteiger partial charge in [0.25, 0.3) is 0 Å². The Morgan fingerprint density at radius 1 is 1.41 bits per heavy atom. The molecule has 4 N–H and O–H groups in total. The Kier molecular flexibility index (Phi) is 5.93. The molecule has 1 fully saturated rings. The Bertz CT molecular complexity index is 264. The van der Waals surface area contributed by atoms with E-state index in [1.54, 1.807) is 0 Å². The molecule has 3 amide bonds. The maximum Gasteiger partial charge on any atom is 0.318 e. The van der Waals surface area contributed by atoms with E-state index < -0.39 is 6.03 Å². The summed E-state index contributed by atoms with van der Waals surface area (Å²) in [5.74, 6) is -0.315. The number of nitrogens with two attached hydrogens (primary N) is 1. The van der Waals surface area contributed by atoms with Gasteiger partial charge in [0.15, 0.2) is 0 Å². The minimum absolute atomic E-state index is 0.251. The second kappa shape index (κ2) is 7.24. The van der Waals surface area contributed by atoms with Crippen molar-refractivity contribution in [1.82, 2.24) is 15.5 Å². The molecule has 0 saturated carbocycles. The van der Waals surface area contributed by atoms with Gasteiger partial charge in [-0.05, 0) is 38.9 Å². The van der Waals surface area contributed by atoms with Crippen molar-refractivity contribution in [1.29, 1.82) is 0 Å². The number of imide groups is 1. The summed E-state index contributed by atoms with van der Waals surface area (Å²) in [7, 11) is 0. The molecule has 1 saturated heterocycles. The van der Waals surface area contributed by atoms with Crippen molar-refractivity contribution in [3.8, 4) is 0 Å². The van der Waals surface area contributed by atoms with Gasteiger partial charge in [-0.1, -0.05) is 6.92 Å². The fraction of sp³-hybridized carbons (Fsp3) is 0.818. The molecule has 0 unspecified atom stereocenters. The highest BCUT2D eigenvalue weighted by molar-refractivity contribution is 5.94. The van der Waals surface area contributed by atoms with Gasteiger partial charge in [-0.25, -0.2) is 4.79 Å². The maximum absolute atomic E-state index is 11.5. The Morgan fingerprint density at radius 2 is 2.06 bits per heavy atom. The predicted molar refractivity (Wildman–Crippen MR) is 65.5 cm³/mol. The highest BCUT2D eigenvalue weighted by Crippen LogP contribution is 2.11. The van der Waals surface area contributed by atoms with E-state index in [4.69, 9.17) is 5.73 Å². The predicted octanol–water partition coefficient (Wildman–Crippen LogP) is -0.355. The topological polar surface area (TPSA) is 87.5 Å². The van der Waals surface area contributed by atoms with Crippen LogP contribution in [0, 0.1) is 0 Å². The third kappa shape index (κ3) is 5.14. The molecule has 1 aliphatic heterocycles. The number of nitrogens with zero attached hydrogens (tertiary/aromatic N) is 1. The van der Waals surface area contributed by atoms with Crippen molar-refractivity contribution in [2.24, 2.45) is 5.73 Å². The SMILES string of the molecule is CCCN(CC(=O)NC(N)=O)C1CCNCC1. The van der Waals surface area contributed by atoms with E-state index in [2.05, 4.69) is 22.5 Å². The maximum atomic E-state index is 11.5. The molecule has 0 spiro atoms. The molecule has 17 heavy (non-hydrogen) atoms. The smallest absolute Gasteiger partial charge is 0.318 e. The number of primary amides is 1. The van der Waals surface area contributed by atoms with Crippen LogP contribution in [0.1, 0.15) is 26.2 Å². The van der Waals surface area contributed by atoms with Crippen LogP contribution in [-0.4, -0.2) is 49.1 Å². The molecular formula is C11H22N4O2. The number of rotatable bonds is 5. The van der Waals surface area contributed by atoms with E-state index in [0.29, 0.717) is 6.04 Å². The number of hydrogen-bond acceptors (Lipinski definition) is 4. The Labute approximate surface area is 102 Å². The number of hydrogen-bond donors (Lipinski definition) is 3. The summed E-state index contributed by atoms with van der Waals surface area (Å²) in [5, 5.41) is 5.41. The number of carbonyl (C=O) groups excluding carboxylic acids is 2. The molecule has 98 valence electrons. The van der Waals surface area contributed by atoms with E-state index >= 15 is 0 Å². The first-order valence-electron chi connectivity index (χ1n) is 6.17. The lowest BCUT2D eigenvalue weighted by Crippen LogP contribution is -2.49. The van der Waals surface area contributed by atoms with Gasteiger partial charge in [0.1, 0.15) is 0 Å². The number of amides is 3. The van der Waals surface area contributed by atoms with E-state index in [0.717, 1.165) is 38.9 Å². The normalized spacial score (nSPS) is 17.1. The summed E-state index contributed by atoms with van der Waals surface area (Å²) in [6.45, 7) is 5.18. The summed E-state index contributed by atoms with van der Waals surface area (Å²) in [6, 6.07) is -0.355. The quantitative estimate of drug-likeness (QED) is 0.614. The molecule has 6 nitrogen and oxygen atoms in total. The van der Waals surface area contributed by atoms with E-state index in [1.165, 1.54) is 0 Å². The van der Waals surface area contributed by atoms with Crippen molar-refractivity contribution in [2.75, 3.05) is 26.2 Å². The monoisotopic (exact) mass is 242 g/mol. The molecular weight excluding hydrogens is 220 g/mol. The van der Waals surface area contributed by atoms with Gasteiger partial charge in [-0.2, -0.15) is 0 Å². The minimum Gasteiger partial charge on any atom is -0.351 e. The van der Waals surface area contributed by atoms with Gasteiger partial charge in [0, 0.05) is 6.04 Å². The molecule has 0 radical (unpaired) electrons. The van der Waals surface area contributed by atoms with E-state index in [-0.39, 0.29) is 12.5 Å². The van der Waals surface area contributed by atoms with Gasteiger partial charge < -0.3 is 11.1 Å². The third-order valence-electron chi connectivity index (χ3n) is 2.95. The average Bonchev–Trinajstić information content (AvgIpc) is 2.28. The first-order valence-corrected chi connectivity index (χ1v) is 6.17. The molecule has 1 aliphatic rings. The van der Waals surface area contributed by atoms with Crippen LogP contribution in [0.4, 0.5) is 4.79 Å². The third-order valence-corrected chi connectivity index (χ3v) is 2.95. The number of piperidine rings is 1. The summed E-state index contributed by atoms with van der Waals surface area (Å²) >= 11 is 0. The number of carbonyl (C=O) groups is 2. The number of nitrogens with one attached hydrogen (secondary N) is 2. The highest BCUT2D eigenvalue weighted by Gasteiger charge is 2.22. The van der Waals surface area contributed by atoms with Crippen LogP contribution < -0.4 is 16.4 Å². The zero-order valence-electron chi connectivity index (χ0n) is 10.4. The van der Waals surface area contributed by atoms with Gasteiger partial charge in [-0.15, -0.1) is 0 Å². The largest absolute Gasteiger partial charge is 0.351 e. The lowest BCUT2D eigenvalue weighted by molar-refractivity contribution is -0.121. The molecule has 1 heterocycles. The van der Waals surface area contributed by atoms with Crippen LogP contribution >= 0.6 is 0 Å². The Balaban J connectivity index is 2.46. The Morgan fingerprint density at radius 3 is 2.59 bits per heavy atom. The second-order valence-corrected chi connectivity index (χ2v) is 4.36. The van der Waals surface area contributed by atoms with Crippen LogP contribution in [0.3, 0.4) is 0 Å².